The predicted octanol–water partition coefficient (Wildman–Crippen LogP) is 2.71. The number of nitrogens with two attached hydrogens (primary N) is 1. The van der Waals surface area contributed by atoms with Gasteiger partial charge in [-0.3, -0.25) is 4.79 Å². The molecule has 0 heterocycles. The molecule has 4 bridgehead atoms. The van der Waals surface area contributed by atoms with Crippen molar-refractivity contribution in [3.05, 3.63) is 0 Å². The number of carbonyl (C=O) groups is 1. The van der Waals surface area contributed by atoms with Gasteiger partial charge in [0.1, 0.15) is 0 Å². The van der Waals surface area contributed by atoms with E-state index in [2.05, 4.69) is 0 Å². The van der Waals surface area contributed by atoms with Crippen molar-refractivity contribution in [2.45, 2.75) is 51.4 Å². The van der Waals surface area contributed by atoms with Gasteiger partial charge >= 0.3 is 0 Å². The second-order valence-electron chi connectivity index (χ2n) is 6.45. The van der Waals surface area contributed by atoms with Crippen LogP contribution in [-0.4, -0.2) is 5.91 Å². The van der Waals surface area contributed by atoms with Gasteiger partial charge in [0.05, 0.1) is 0 Å². The first kappa shape index (κ1) is 10.6. The molecule has 0 aliphatic heterocycles. The highest BCUT2D eigenvalue weighted by atomic mass is 16.1. The number of carbonyl (C=O) groups excluding carboxylic acids is 1. The molecule has 0 unspecified atom stereocenters. The van der Waals surface area contributed by atoms with Crippen molar-refractivity contribution >= 4 is 5.91 Å². The molecular weight excluding hydrogens is 198 g/mol. The summed E-state index contributed by atoms with van der Waals surface area (Å²) in [4.78, 5) is 10.8. The van der Waals surface area contributed by atoms with Crippen molar-refractivity contribution in [2.75, 3.05) is 0 Å². The van der Waals surface area contributed by atoms with Gasteiger partial charge in [0.25, 0.3) is 0 Å². The lowest BCUT2D eigenvalue weighted by molar-refractivity contribution is -0.118. The van der Waals surface area contributed by atoms with E-state index in [0.29, 0.717) is 6.42 Å². The van der Waals surface area contributed by atoms with E-state index in [-0.39, 0.29) is 5.91 Å². The highest BCUT2D eigenvalue weighted by Gasteiger charge is 2.47. The van der Waals surface area contributed by atoms with Crippen molar-refractivity contribution in [1.29, 1.82) is 0 Å². The summed E-state index contributed by atoms with van der Waals surface area (Å²) in [6, 6.07) is 0. The fourth-order valence-corrected chi connectivity index (χ4v) is 5.02. The van der Waals surface area contributed by atoms with E-state index in [1.807, 2.05) is 0 Å². The molecule has 4 fully saturated rings. The van der Waals surface area contributed by atoms with Crippen LogP contribution in [0.3, 0.4) is 0 Å². The average molecular weight is 221 g/mol. The molecule has 4 aliphatic rings. The van der Waals surface area contributed by atoms with Crippen LogP contribution in [0.2, 0.25) is 0 Å². The maximum absolute atomic E-state index is 10.8. The highest BCUT2D eigenvalue weighted by molar-refractivity contribution is 5.73. The second kappa shape index (κ2) is 4.05. The van der Waals surface area contributed by atoms with Gasteiger partial charge in [0.2, 0.25) is 5.91 Å². The largest absolute Gasteiger partial charge is 0.370 e. The number of amides is 1. The van der Waals surface area contributed by atoms with E-state index in [1.165, 1.54) is 38.5 Å². The van der Waals surface area contributed by atoms with E-state index >= 15 is 0 Å². The Labute approximate surface area is 98.0 Å². The van der Waals surface area contributed by atoms with Crippen LogP contribution in [0.5, 0.6) is 0 Å². The summed E-state index contributed by atoms with van der Waals surface area (Å²) in [5.41, 5.74) is 5.21. The Morgan fingerprint density at radius 1 is 1.00 bits per heavy atom. The molecule has 4 saturated carbocycles. The van der Waals surface area contributed by atoms with Gasteiger partial charge in [0, 0.05) is 6.42 Å². The van der Waals surface area contributed by atoms with Gasteiger partial charge in [0.15, 0.2) is 0 Å². The van der Waals surface area contributed by atoms with Gasteiger partial charge in [-0.05, 0) is 74.5 Å². The molecule has 4 aliphatic carbocycles. The number of hydrogen-bond acceptors (Lipinski definition) is 1. The van der Waals surface area contributed by atoms with E-state index in [0.717, 1.165) is 36.0 Å². The molecular formula is C14H23NO. The van der Waals surface area contributed by atoms with E-state index in [1.54, 1.807) is 0 Å². The zero-order valence-corrected chi connectivity index (χ0v) is 10.0. The standard InChI is InChI=1S/C14H23NO/c15-14(16)3-1-2-13-11-5-9-4-10(7-11)8-12(13)6-9/h9-13H,1-8H2,(H2,15,16). The molecule has 1 amide bonds. The van der Waals surface area contributed by atoms with Crippen molar-refractivity contribution in [2.24, 2.45) is 35.3 Å². The van der Waals surface area contributed by atoms with Crippen molar-refractivity contribution in [3.8, 4) is 0 Å². The quantitative estimate of drug-likeness (QED) is 0.779. The zero-order chi connectivity index (χ0) is 11.1. The molecule has 2 heteroatoms. The Balaban J connectivity index is 1.57. The summed E-state index contributed by atoms with van der Waals surface area (Å²) in [5.74, 6) is 4.95. The van der Waals surface area contributed by atoms with Crippen molar-refractivity contribution in [3.63, 3.8) is 0 Å². The topological polar surface area (TPSA) is 43.1 Å². The Bertz CT molecular complexity index is 258. The summed E-state index contributed by atoms with van der Waals surface area (Å²) in [5, 5.41) is 0. The van der Waals surface area contributed by atoms with Crippen LogP contribution in [0, 0.1) is 29.6 Å². The molecule has 90 valence electrons. The number of rotatable bonds is 4. The normalized spacial score (nSPS) is 44.9. The maximum Gasteiger partial charge on any atom is 0.217 e. The van der Waals surface area contributed by atoms with Crippen molar-refractivity contribution < 1.29 is 4.79 Å². The smallest absolute Gasteiger partial charge is 0.217 e. The van der Waals surface area contributed by atoms with Crippen LogP contribution in [0.4, 0.5) is 0 Å². The third-order valence-electron chi connectivity index (χ3n) is 5.38. The van der Waals surface area contributed by atoms with Gasteiger partial charge in [-0.25, -0.2) is 0 Å². The van der Waals surface area contributed by atoms with E-state index in [4.69, 9.17) is 5.73 Å². The fourth-order valence-electron chi connectivity index (χ4n) is 5.02. The first-order valence-electron chi connectivity index (χ1n) is 7.00. The molecule has 4 rings (SSSR count). The number of hydrogen-bond donors (Lipinski definition) is 1. The first-order chi connectivity index (χ1) is 7.72. The molecule has 0 spiro atoms. The van der Waals surface area contributed by atoms with Crippen LogP contribution in [0.1, 0.15) is 51.4 Å². The molecule has 0 aromatic rings. The van der Waals surface area contributed by atoms with Crippen LogP contribution in [-0.2, 0) is 4.79 Å². The Morgan fingerprint density at radius 2 is 1.56 bits per heavy atom. The summed E-state index contributed by atoms with van der Waals surface area (Å²) >= 11 is 0. The van der Waals surface area contributed by atoms with Crippen LogP contribution in [0.15, 0.2) is 0 Å². The lowest BCUT2D eigenvalue weighted by Gasteiger charge is -2.54. The third kappa shape index (κ3) is 1.87. The molecule has 0 atom stereocenters. The molecule has 16 heavy (non-hydrogen) atoms. The lowest BCUT2D eigenvalue weighted by Crippen LogP contribution is -2.45. The van der Waals surface area contributed by atoms with Crippen LogP contribution >= 0.6 is 0 Å². The first-order valence-corrected chi connectivity index (χ1v) is 7.00. The van der Waals surface area contributed by atoms with E-state index in [9.17, 15) is 4.79 Å². The number of primary amides is 1. The monoisotopic (exact) mass is 221 g/mol. The Hall–Kier alpha value is -0.530. The summed E-state index contributed by atoms with van der Waals surface area (Å²) < 4.78 is 0. The molecule has 2 N–H and O–H groups in total. The molecule has 0 aromatic heterocycles. The average Bonchev–Trinajstić information content (AvgIpc) is 2.20. The minimum absolute atomic E-state index is 0.121. The van der Waals surface area contributed by atoms with Gasteiger partial charge in [-0.2, -0.15) is 0 Å². The molecule has 0 radical (unpaired) electrons. The van der Waals surface area contributed by atoms with Gasteiger partial charge < -0.3 is 5.73 Å². The van der Waals surface area contributed by atoms with Crippen LogP contribution < -0.4 is 5.73 Å². The molecule has 0 aromatic carbocycles. The third-order valence-corrected chi connectivity index (χ3v) is 5.38. The fraction of sp³-hybridized carbons (Fsp3) is 0.929. The Kier molecular flexibility index (Phi) is 2.68. The zero-order valence-electron chi connectivity index (χ0n) is 10.0. The summed E-state index contributed by atoms with van der Waals surface area (Å²) in [6.07, 6.45) is 10.4. The van der Waals surface area contributed by atoms with Gasteiger partial charge in [-0.15, -0.1) is 0 Å². The summed E-state index contributed by atoms with van der Waals surface area (Å²) in [7, 11) is 0. The predicted molar refractivity (Wildman–Crippen MR) is 63.6 cm³/mol. The van der Waals surface area contributed by atoms with Gasteiger partial charge in [-0.1, -0.05) is 0 Å². The summed E-state index contributed by atoms with van der Waals surface area (Å²) in [6.45, 7) is 0. The Morgan fingerprint density at radius 3 is 2.06 bits per heavy atom. The van der Waals surface area contributed by atoms with Crippen molar-refractivity contribution in [1.82, 2.24) is 0 Å². The SMILES string of the molecule is NC(=O)CCCC1C2CC3CC(C2)CC1C3. The molecule has 2 nitrogen and oxygen atoms in total. The minimum atomic E-state index is -0.121. The molecule has 0 saturated heterocycles. The highest BCUT2D eigenvalue weighted by Crippen LogP contribution is 2.57. The second-order valence-corrected chi connectivity index (χ2v) is 6.45. The lowest BCUT2D eigenvalue weighted by atomic mass is 9.51. The van der Waals surface area contributed by atoms with E-state index < -0.39 is 0 Å². The van der Waals surface area contributed by atoms with Crippen LogP contribution in [0.25, 0.3) is 0 Å². The minimum Gasteiger partial charge on any atom is -0.370 e. The maximum atomic E-state index is 10.8.